The Morgan fingerprint density at radius 1 is 1.14 bits per heavy atom. The molecule has 0 spiro atoms. The van der Waals surface area contributed by atoms with Crippen LogP contribution in [0.2, 0.25) is 0 Å². The molecular formula is C17H23FO4. The molecule has 0 fully saturated rings. The third-order valence-corrected chi connectivity index (χ3v) is 3.12. The molecule has 0 amide bonds. The number of carbonyl (C=O) groups excluding carboxylic acids is 2. The average molecular weight is 310 g/mol. The van der Waals surface area contributed by atoms with Gasteiger partial charge in [0, 0.05) is 12.8 Å². The maximum atomic E-state index is 13.3. The summed E-state index contributed by atoms with van der Waals surface area (Å²) >= 11 is 0. The van der Waals surface area contributed by atoms with Crippen LogP contribution >= 0.6 is 0 Å². The lowest BCUT2D eigenvalue weighted by Gasteiger charge is -2.12. The van der Waals surface area contributed by atoms with Crippen LogP contribution in [0.3, 0.4) is 0 Å². The number of ether oxygens (including phenoxy) is 2. The zero-order valence-corrected chi connectivity index (χ0v) is 13.1. The van der Waals surface area contributed by atoms with Crippen molar-refractivity contribution in [1.29, 1.82) is 0 Å². The van der Waals surface area contributed by atoms with Gasteiger partial charge in [0.25, 0.3) is 0 Å². The third-order valence-electron chi connectivity index (χ3n) is 3.12. The second kappa shape index (κ2) is 9.92. The molecule has 0 saturated heterocycles. The summed E-state index contributed by atoms with van der Waals surface area (Å²) in [5.74, 6) is -1.55. The van der Waals surface area contributed by atoms with E-state index < -0.39 is 11.8 Å². The van der Waals surface area contributed by atoms with Gasteiger partial charge >= 0.3 is 11.9 Å². The molecule has 0 saturated carbocycles. The molecule has 1 unspecified atom stereocenters. The zero-order chi connectivity index (χ0) is 16.4. The largest absolute Gasteiger partial charge is 0.463 e. The Morgan fingerprint density at radius 3 is 2.50 bits per heavy atom. The molecule has 0 aliphatic carbocycles. The number of para-hydroxylation sites is 1. The molecule has 1 atom stereocenters. The first-order valence-electron chi connectivity index (χ1n) is 7.67. The fourth-order valence-electron chi connectivity index (χ4n) is 1.91. The molecule has 1 rings (SSSR count). The van der Waals surface area contributed by atoms with Crippen LogP contribution in [0.25, 0.3) is 0 Å². The molecule has 4 nitrogen and oxygen atoms in total. The normalized spacial score (nSPS) is 11.8. The molecule has 0 aromatic heterocycles. The van der Waals surface area contributed by atoms with Crippen molar-refractivity contribution >= 4 is 11.9 Å². The zero-order valence-electron chi connectivity index (χ0n) is 13.1. The monoisotopic (exact) mass is 310 g/mol. The fraction of sp³-hybridized carbons (Fsp3) is 0.529. The highest BCUT2D eigenvalue weighted by molar-refractivity contribution is 5.74. The van der Waals surface area contributed by atoms with Crippen molar-refractivity contribution in [1.82, 2.24) is 0 Å². The number of hydrogen-bond acceptors (Lipinski definition) is 4. The maximum absolute atomic E-state index is 13.3. The Morgan fingerprint density at radius 2 is 1.82 bits per heavy atom. The highest BCUT2D eigenvalue weighted by atomic mass is 19.1. The van der Waals surface area contributed by atoms with Gasteiger partial charge in [-0.1, -0.05) is 31.9 Å². The first-order valence-corrected chi connectivity index (χ1v) is 7.67. The van der Waals surface area contributed by atoms with Gasteiger partial charge in [-0.25, -0.2) is 4.39 Å². The highest BCUT2D eigenvalue weighted by Gasteiger charge is 2.12. The quantitative estimate of drug-likeness (QED) is 0.510. The van der Waals surface area contributed by atoms with Gasteiger partial charge in [0.15, 0.2) is 11.6 Å². The number of halogens is 1. The van der Waals surface area contributed by atoms with E-state index >= 15 is 0 Å². The molecule has 5 heteroatoms. The number of esters is 2. The first kappa shape index (κ1) is 18.1. The molecule has 1 aromatic carbocycles. The van der Waals surface area contributed by atoms with Crippen LogP contribution in [-0.4, -0.2) is 18.0 Å². The van der Waals surface area contributed by atoms with Crippen molar-refractivity contribution in [3.8, 4) is 5.75 Å². The molecule has 0 aliphatic heterocycles. The van der Waals surface area contributed by atoms with Crippen LogP contribution in [0.4, 0.5) is 4.39 Å². The molecule has 122 valence electrons. The van der Waals surface area contributed by atoms with Crippen LogP contribution in [0.5, 0.6) is 5.75 Å². The predicted octanol–water partition coefficient (Wildman–Crippen LogP) is 4.02. The van der Waals surface area contributed by atoms with E-state index in [4.69, 9.17) is 9.47 Å². The Kier molecular flexibility index (Phi) is 8.18. The van der Waals surface area contributed by atoms with Crippen LogP contribution in [0.15, 0.2) is 24.3 Å². The highest BCUT2D eigenvalue weighted by Crippen LogP contribution is 2.16. The summed E-state index contributed by atoms with van der Waals surface area (Å²) in [4.78, 5) is 23.1. The molecule has 0 aliphatic rings. The number of unbranched alkanes of at least 4 members (excludes halogenated alkanes) is 1. The summed E-state index contributed by atoms with van der Waals surface area (Å²) < 4.78 is 23.4. The Balaban J connectivity index is 2.22. The Labute approximate surface area is 130 Å². The van der Waals surface area contributed by atoms with Crippen molar-refractivity contribution in [3.05, 3.63) is 30.1 Å². The lowest BCUT2D eigenvalue weighted by molar-refractivity contribution is -0.148. The number of carbonyl (C=O) groups is 2. The molecule has 0 bridgehead atoms. The van der Waals surface area contributed by atoms with E-state index in [1.807, 2.05) is 6.92 Å². The molecule has 22 heavy (non-hydrogen) atoms. The van der Waals surface area contributed by atoms with Gasteiger partial charge < -0.3 is 9.47 Å². The van der Waals surface area contributed by atoms with Gasteiger partial charge in [-0.15, -0.1) is 0 Å². The molecule has 1 aromatic rings. The van der Waals surface area contributed by atoms with Crippen LogP contribution in [0.1, 0.15) is 52.4 Å². The summed E-state index contributed by atoms with van der Waals surface area (Å²) in [7, 11) is 0. The minimum absolute atomic E-state index is 0.0484. The maximum Gasteiger partial charge on any atom is 0.311 e. The van der Waals surface area contributed by atoms with Gasteiger partial charge in [0.2, 0.25) is 0 Å². The van der Waals surface area contributed by atoms with E-state index in [2.05, 4.69) is 6.92 Å². The Hall–Kier alpha value is -1.91. The lowest BCUT2D eigenvalue weighted by atomic mass is 10.2. The van der Waals surface area contributed by atoms with Gasteiger partial charge in [-0.05, 0) is 31.9 Å². The summed E-state index contributed by atoms with van der Waals surface area (Å²) in [6.45, 7) is 3.94. The van der Waals surface area contributed by atoms with Crippen molar-refractivity contribution in [2.75, 3.05) is 0 Å². The number of rotatable bonds is 9. The summed E-state index contributed by atoms with van der Waals surface area (Å²) in [6, 6.07) is 5.71. The molecule has 0 radical (unpaired) electrons. The molecule has 0 heterocycles. The van der Waals surface area contributed by atoms with E-state index in [1.165, 1.54) is 18.2 Å². The second-order valence-corrected chi connectivity index (χ2v) is 5.20. The van der Waals surface area contributed by atoms with Crippen molar-refractivity contribution < 1.29 is 23.5 Å². The first-order chi connectivity index (χ1) is 10.5. The predicted molar refractivity (Wildman–Crippen MR) is 81.0 cm³/mol. The summed E-state index contributed by atoms with van der Waals surface area (Å²) in [5.41, 5.74) is 0. The smallest absolute Gasteiger partial charge is 0.311 e. The van der Waals surface area contributed by atoms with Gasteiger partial charge in [0.05, 0.1) is 6.10 Å². The number of hydrogen-bond donors (Lipinski definition) is 0. The van der Waals surface area contributed by atoms with Crippen LogP contribution < -0.4 is 4.74 Å². The summed E-state index contributed by atoms with van der Waals surface area (Å²) in [6.07, 6.45) is 3.35. The molecule has 0 N–H and O–H groups in total. The van der Waals surface area contributed by atoms with E-state index in [0.29, 0.717) is 6.42 Å². The van der Waals surface area contributed by atoms with E-state index in [0.717, 1.165) is 19.3 Å². The van der Waals surface area contributed by atoms with E-state index in [1.54, 1.807) is 6.07 Å². The van der Waals surface area contributed by atoms with Gasteiger partial charge in [-0.3, -0.25) is 9.59 Å². The van der Waals surface area contributed by atoms with Crippen molar-refractivity contribution in [2.24, 2.45) is 0 Å². The minimum atomic E-state index is -0.583. The lowest BCUT2D eigenvalue weighted by Crippen LogP contribution is -2.15. The fourth-order valence-corrected chi connectivity index (χ4v) is 1.91. The van der Waals surface area contributed by atoms with Gasteiger partial charge in [0.1, 0.15) is 0 Å². The van der Waals surface area contributed by atoms with Gasteiger partial charge in [-0.2, -0.15) is 0 Å². The standard InChI is InChI=1S/C17H23FO4/c1-3-4-8-13(2)21-16(19)11-7-12-17(20)22-15-10-6-5-9-14(15)18/h5-6,9-10,13H,3-4,7-8,11-12H2,1-2H3. The van der Waals surface area contributed by atoms with E-state index in [-0.39, 0.29) is 30.7 Å². The van der Waals surface area contributed by atoms with Crippen molar-refractivity contribution in [3.63, 3.8) is 0 Å². The second-order valence-electron chi connectivity index (χ2n) is 5.20. The Bertz CT molecular complexity index is 487. The van der Waals surface area contributed by atoms with E-state index in [9.17, 15) is 14.0 Å². The van der Waals surface area contributed by atoms with Crippen LogP contribution in [-0.2, 0) is 14.3 Å². The molecular weight excluding hydrogens is 287 g/mol. The van der Waals surface area contributed by atoms with Crippen LogP contribution in [0, 0.1) is 5.82 Å². The number of benzene rings is 1. The minimum Gasteiger partial charge on any atom is -0.463 e. The third kappa shape index (κ3) is 7.20. The summed E-state index contributed by atoms with van der Waals surface area (Å²) in [5, 5.41) is 0. The SMILES string of the molecule is CCCCC(C)OC(=O)CCCC(=O)Oc1ccccc1F. The average Bonchev–Trinajstić information content (AvgIpc) is 2.47. The topological polar surface area (TPSA) is 52.6 Å². The van der Waals surface area contributed by atoms with Crippen molar-refractivity contribution in [2.45, 2.75) is 58.5 Å².